The molecule has 0 saturated heterocycles. The van der Waals surface area contributed by atoms with Crippen molar-refractivity contribution in [2.75, 3.05) is 11.9 Å². The van der Waals surface area contributed by atoms with Crippen molar-refractivity contribution in [2.24, 2.45) is 0 Å². The fourth-order valence-corrected chi connectivity index (χ4v) is 6.32. The summed E-state index contributed by atoms with van der Waals surface area (Å²) >= 11 is 1.57. The van der Waals surface area contributed by atoms with Gasteiger partial charge in [0, 0.05) is 36.1 Å². The molecule has 3 aromatic rings. The van der Waals surface area contributed by atoms with Crippen LogP contribution in [0.5, 0.6) is 0 Å². The van der Waals surface area contributed by atoms with Gasteiger partial charge in [0.05, 0.1) is 14.8 Å². The predicted molar refractivity (Wildman–Crippen MR) is 122 cm³/mol. The first-order chi connectivity index (χ1) is 15.0. The van der Waals surface area contributed by atoms with E-state index in [9.17, 15) is 13.2 Å². The van der Waals surface area contributed by atoms with E-state index in [0.29, 0.717) is 23.0 Å². The number of hydrogen-bond acceptors (Lipinski definition) is 7. The highest BCUT2D eigenvalue weighted by Crippen LogP contribution is 2.39. The Hall–Kier alpha value is -2.56. The van der Waals surface area contributed by atoms with Gasteiger partial charge in [0.2, 0.25) is 10.0 Å². The lowest BCUT2D eigenvalue weighted by molar-refractivity contribution is 0.442. The van der Waals surface area contributed by atoms with Crippen molar-refractivity contribution in [3.8, 4) is 10.4 Å². The number of H-pyrrole nitrogens is 1. The van der Waals surface area contributed by atoms with Gasteiger partial charge in [-0.15, -0.1) is 11.3 Å². The van der Waals surface area contributed by atoms with Crippen LogP contribution in [0.15, 0.2) is 46.3 Å². The van der Waals surface area contributed by atoms with Crippen LogP contribution in [0.25, 0.3) is 10.4 Å². The van der Waals surface area contributed by atoms with E-state index >= 15 is 0 Å². The highest BCUT2D eigenvalue weighted by Gasteiger charge is 2.23. The van der Waals surface area contributed by atoms with Crippen molar-refractivity contribution >= 4 is 32.9 Å². The molecule has 3 N–H and O–H groups in total. The normalized spacial score (nSPS) is 15.1. The molecule has 2 aromatic heterocycles. The summed E-state index contributed by atoms with van der Waals surface area (Å²) in [6.07, 6.45) is 9.16. The van der Waals surface area contributed by atoms with E-state index in [1.165, 1.54) is 25.5 Å². The highest BCUT2D eigenvalue weighted by atomic mass is 32.2. The van der Waals surface area contributed by atoms with Crippen LogP contribution in [0.2, 0.25) is 0 Å². The third-order valence-corrected chi connectivity index (χ3v) is 8.08. The number of sulfonamides is 1. The zero-order valence-electron chi connectivity index (χ0n) is 17.2. The van der Waals surface area contributed by atoms with Gasteiger partial charge in [0.25, 0.3) is 0 Å². The lowest BCUT2D eigenvalue weighted by Gasteiger charge is -2.18. The Morgan fingerprint density at radius 1 is 1.16 bits per heavy atom. The molecule has 2 heterocycles. The summed E-state index contributed by atoms with van der Waals surface area (Å²) in [4.78, 5) is 23.3. The Balaban J connectivity index is 1.71. The Bertz CT molecular complexity index is 1210. The maximum absolute atomic E-state index is 13.0. The van der Waals surface area contributed by atoms with Gasteiger partial charge in [0.1, 0.15) is 5.82 Å². The summed E-state index contributed by atoms with van der Waals surface area (Å²) in [5.74, 6) is 0.891. The molecular formula is C21H25N5O3S2. The lowest BCUT2D eigenvalue weighted by atomic mass is 9.90. The molecule has 1 saturated carbocycles. The van der Waals surface area contributed by atoms with Crippen molar-refractivity contribution in [3.05, 3.63) is 52.2 Å². The molecule has 0 amide bonds. The number of anilines is 2. The molecule has 1 aliphatic rings. The number of aromatic nitrogens is 3. The summed E-state index contributed by atoms with van der Waals surface area (Å²) in [5.41, 5.74) is 0.676. The van der Waals surface area contributed by atoms with E-state index in [1.807, 2.05) is 0 Å². The van der Waals surface area contributed by atoms with Gasteiger partial charge in [-0.1, -0.05) is 32.3 Å². The summed E-state index contributed by atoms with van der Waals surface area (Å²) in [6, 6.07) is 6.75. The molecule has 0 aliphatic heterocycles. The van der Waals surface area contributed by atoms with Crippen LogP contribution in [0.3, 0.4) is 0 Å². The van der Waals surface area contributed by atoms with Crippen molar-refractivity contribution < 1.29 is 8.42 Å². The first kappa shape index (κ1) is 21.7. The van der Waals surface area contributed by atoms with Crippen LogP contribution >= 0.6 is 11.3 Å². The minimum atomic E-state index is -3.72. The van der Waals surface area contributed by atoms with Crippen molar-refractivity contribution in [3.63, 3.8) is 0 Å². The highest BCUT2D eigenvalue weighted by molar-refractivity contribution is 7.89. The Morgan fingerprint density at radius 3 is 2.71 bits per heavy atom. The average Bonchev–Trinajstić information content (AvgIpc) is 3.24. The standard InChI is InChI=1S/C21H25N5O3S2/c1-2-24-31(28,29)18-12-15(25-19-10-11-22-21(27)26-19)8-9-16(18)17-13-23-20(30-17)14-6-4-3-5-7-14/h8-14,24H,2-7H2,1H3,(H2,22,25,26,27). The molecule has 0 unspecified atom stereocenters. The van der Waals surface area contributed by atoms with Gasteiger partial charge in [-0.05, 0) is 31.0 Å². The fourth-order valence-electron chi connectivity index (χ4n) is 3.84. The molecule has 0 spiro atoms. The summed E-state index contributed by atoms with van der Waals surface area (Å²) < 4.78 is 28.5. The van der Waals surface area contributed by atoms with Crippen LogP contribution in [0.4, 0.5) is 11.5 Å². The first-order valence-electron chi connectivity index (χ1n) is 10.4. The van der Waals surface area contributed by atoms with E-state index in [1.54, 1.807) is 48.7 Å². The van der Waals surface area contributed by atoms with Crippen LogP contribution < -0.4 is 15.7 Å². The Morgan fingerprint density at radius 2 is 1.97 bits per heavy atom. The second kappa shape index (κ2) is 9.29. The maximum atomic E-state index is 13.0. The molecule has 1 aliphatic carbocycles. The Kier molecular flexibility index (Phi) is 6.49. The van der Waals surface area contributed by atoms with Crippen LogP contribution in [0.1, 0.15) is 50.0 Å². The predicted octanol–water partition coefficient (Wildman–Crippen LogP) is 3.98. The third-order valence-electron chi connectivity index (χ3n) is 5.30. The van der Waals surface area contributed by atoms with Crippen molar-refractivity contribution in [2.45, 2.75) is 49.8 Å². The van der Waals surface area contributed by atoms with Crippen molar-refractivity contribution in [1.82, 2.24) is 19.7 Å². The topological polar surface area (TPSA) is 117 Å². The van der Waals surface area contributed by atoms with Gasteiger partial charge < -0.3 is 5.32 Å². The molecule has 0 radical (unpaired) electrons. The third kappa shape index (κ3) is 5.03. The molecule has 10 heteroatoms. The Labute approximate surface area is 185 Å². The molecule has 31 heavy (non-hydrogen) atoms. The summed E-state index contributed by atoms with van der Waals surface area (Å²) in [7, 11) is -3.72. The van der Waals surface area contributed by atoms with E-state index in [4.69, 9.17) is 0 Å². The van der Waals surface area contributed by atoms with Gasteiger partial charge in [-0.25, -0.2) is 27.9 Å². The minimum Gasteiger partial charge on any atom is -0.342 e. The first-order valence-corrected chi connectivity index (χ1v) is 12.7. The van der Waals surface area contributed by atoms with Crippen molar-refractivity contribution in [1.29, 1.82) is 0 Å². The lowest BCUT2D eigenvalue weighted by Crippen LogP contribution is -2.23. The number of benzene rings is 1. The van der Waals surface area contributed by atoms with E-state index < -0.39 is 15.7 Å². The number of nitrogens with zero attached hydrogens (tertiary/aromatic N) is 2. The molecular weight excluding hydrogens is 434 g/mol. The van der Waals surface area contributed by atoms with Gasteiger partial charge in [-0.2, -0.15) is 0 Å². The SMILES string of the molecule is CCNS(=O)(=O)c1cc(Nc2ccnc(=O)[nH]2)ccc1-c1cnc(C2CCCCC2)s1. The minimum absolute atomic E-state index is 0.176. The molecule has 1 fully saturated rings. The van der Waals surface area contributed by atoms with E-state index in [2.05, 4.69) is 25.0 Å². The molecule has 4 rings (SSSR count). The maximum Gasteiger partial charge on any atom is 0.346 e. The fraction of sp³-hybridized carbons (Fsp3) is 0.381. The molecule has 0 bridgehead atoms. The largest absolute Gasteiger partial charge is 0.346 e. The average molecular weight is 460 g/mol. The second-order valence-electron chi connectivity index (χ2n) is 7.52. The van der Waals surface area contributed by atoms with E-state index in [-0.39, 0.29) is 11.4 Å². The molecule has 164 valence electrons. The van der Waals surface area contributed by atoms with Gasteiger partial charge in [0.15, 0.2) is 0 Å². The van der Waals surface area contributed by atoms with Crippen LogP contribution in [-0.4, -0.2) is 29.9 Å². The quantitative estimate of drug-likeness (QED) is 0.492. The summed E-state index contributed by atoms with van der Waals surface area (Å²) in [5, 5.41) is 4.12. The molecule has 1 aromatic carbocycles. The molecule has 8 nitrogen and oxygen atoms in total. The number of aromatic amines is 1. The van der Waals surface area contributed by atoms with Gasteiger partial charge >= 0.3 is 5.69 Å². The second-order valence-corrected chi connectivity index (χ2v) is 10.3. The smallest absolute Gasteiger partial charge is 0.342 e. The van der Waals surface area contributed by atoms with Crippen LogP contribution in [-0.2, 0) is 10.0 Å². The number of thiazole rings is 1. The van der Waals surface area contributed by atoms with Gasteiger partial charge in [-0.3, -0.25) is 4.98 Å². The van der Waals surface area contributed by atoms with E-state index in [0.717, 1.165) is 22.7 Å². The van der Waals surface area contributed by atoms with Crippen LogP contribution in [0, 0.1) is 0 Å². The number of nitrogens with one attached hydrogen (secondary N) is 3. The number of hydrogen-bond donors (Lipinski definition) is 3. The molecule has 0 atom stereocenters. The summed E-state index contributed by atoms with van der Waals surface area (Å²) in [6.45, 7) is 2.03. The zero-order valence-corrected chi connectivity index (χ0v) is 18.9. The number of rotatable bonds is 7. The monoisotopic (exact) mass is 459 g/mol. The zero-order chi connectivity index (χ0) is 21.8.